The van der Waals surface area contributed by atoms with Gasteiger partial charge in [-0.05, 0) is 19.1 Å². The summed E-state index contributed by atoms with van der Waals surface area (Å²) in [5.74, 6) is -0.292. The van der Waals surface area contributed by atoms with Gasteiger partial charge in [-0.1, -0.05) is 11.8 Å². The molecule has 2 rings (SSSR count). The summed E-state index contributed by atoms with van der Waals surface area (Å²) in [5, 5.41) is 9.59. The molecule has 94 valence electrons. The summed E-state index contributed by atoms with van der Waals surface area (Å²) in [6.45, 7) is 2.89. The Bertz CT molecular complexity index is 554. The number of carbonyl (C=O) groups is 1. The summed E-state index contributed by atoms with van der Waals surface area (Å²) in [5.41, 5.74) is 1.30. The number of aromatic carboxylic acids is 1. The van der Waals surface area contributed by atoms with Gasteiger partial charge in [0.15, 0.2) is 0 Å². The average molecular weight is 263 g/mol. The van der Waals surface area contributed by atoms with Crippen LogP contribution >= 0.6 is 11.8 Å². The largest absolute Gasteiger partial charge is 0.478 e. The van der Waals surface area contributed by atoms with Crippen molar-refractivity contribution < 1.29 is 9.90 Å². The van der Waals surface area contributed by atoms with Crippen molar-refractivity contribution in [2.24, 2.45) is 0 Å². The second-order valence-corrected chi connectivity index (χ2v) is 4.58. The molecule has 1 N–H and O–H groups in total. The molecular weight excluding hydrogens is 250 g/mol. The Morgan fingerprint density at radius 2 is 2.39 bits per heavy atom. The standard InChI is InChI=1S/C12H13N3O2S/c1-2-15-8-13-6-9(15)7-18-11-10(12(16)17)4-3-5-14-11/h3-6,8H,2,7H2,1H3,(H,16,17). The number of hydrogen-bond donors (Lipinski definition) is 1. The van der Waals surface area contributed by atoms with Gasteiger partial charge >= 0.3 is 5.97 Å². The third-order valence-electron chi connectivity index (χ3n) is 2.50. The smallest absolute Gasteiger partial charge is 0.338 e. The molecule has 0 atom stereocenters. The molecule has 0 aliphatic rings. The van der Waals surface area contributed by atoms with Crippen molar-refractivity contribution in [3.05, 3.63) is 42.1 Å². The van der Waals surface area contributed by atoms with Gasteiger partial charge in [-0.3, -0.25) is 0 Å². The zero-order valence-electron chi connectivity index (χ0n) is 9.91. The topological polar surface area (TPSA) is 68.0 Å². The van der Waals surface area contributed by atoms with Gasteiger partial charge in [0.25, 0.3) is 0 Å². The molecule has 2 aromatic heterocycles. The highest BCUT2D eigenvalue weighted by atomic mass is 32.2. The van der Waals surface area contributed by atoms with Crippen LogP contribution in [-0.2, 0) is 12.3 Å². The van der Waals surface area contributed by atoms with Gasteiger partial charge in [0.2, 0.25) is 0 Å². The van der Waals surface area contributed by atoms with Gasteiger partial charge in [0, 0.05) is 30.4 Å². The van der Waals surface area contributed by atoms with Crippen molar-refractivity contribution >= 4 is 17.7 Å². The average Bonchev–Trinajstić information content (AvgIpc) is 2.84. The summed E-state index contributed by atoms with van der Waals surface area (Å²) in [4.78, 5) is 19.2. The number of pyridine rings is 1. The molecule has 0 aliphatic carbocycles. The summed E-state index contributed by atoms with van der Waals surface area (Å²) in [7, 11) is 0. The maximum absolute atomic E-state index is 11.0. The molecule has 5 nitrogen and oxygen atoms in total. The number of aryl methyl sites for hydroxylation is 1. The monoisotopic (exact) mass is 263 g/mol. The number of imidazole rings is 1. The predicted molar refractivity (Wildman–Crippen MR) is 68.7 cm³/mol. The molecule has 18 heavy (non-hydrogen) atoms. The number of aromatic nitrogens is 3. The molecule has 2 aromatic rings. The van der Waals surface area contributed by atoms with Gasteiger partial charge in [-0.25, -0.2) is 14.8 Å². The minimum absolute atomic E-state index is 0.241. The maximum Gasteiger partial charge on any atom is 0.338 e. The molecule has 0 amide bonds. The van der Waals surface area contributed by atoms with E-state index in [4.69, 9.17) is 5.11 Å². The van der Waals surface area contributed by atoms with Crippen LogP contribution in [0.15, 0.2) is 35.9 Å². The highest BCUT2D eigenvalue weighted by Crippen LogP contribution is 2.23. The normalized spacial score (nSPS) is 10.5. The Morgan fingerprint density at radius 1 is 1.56 bits per heavy atom. The van der Waals surface area contributed by atoms with Crippen LogP contribution in [0.3, 0.4) is 0 Å². The number of nitrogens with zero attached hydrogens (tertiary/aromatic N) is 3. The molecular formula is C12H13N3O2S. The van der Waals surface area contributed by atoms with Crippen molar-refractivity contribution in [1.29, 1.82) is 0 Å². The predicted octanol–water partition coefficient (Wildman–Crippen LogP) is 2.29. The molecule has 0 saturated carbocycles. The van der Waals surface area contributed by atoms with Crippen LogP contribution in [0.4, 0.5) is 0 Å². The molecule has 0 spiro atoms. The van der Waals surface area contributed by atoms with Gasteiger partial charge in [-0.15, -0.1) is 0 Å². The van der Waals surface area contributed by atoms with E-state index in [-0.39, 0.29) is 5.56 Å². The number of carboxylic acids is 1. The fourth-order valence-electron chi connectivity index (χ4n) is 1.56. The minimum Gasteiger partial charge on any atom is -0.478 e. The first-order valence-electron chi connectivity index (χ1n) is 5.52. The van der Waals surface area contributed by atoms with E-state index in [9.17, 15) is 4.79 Å². The number of hydrogen-bond acceptors (Lipinski definition) is 4. The van der Waals surface area contributed by atoms with E-state index >= 15 is 0 Å². The molecule has 6 heteroatoms. The number of carboxylic acid groups (broad SMARTS) is 1. The van der Waals surface area contributed by atoms with Crippen LogP contribution in [0.2, 0.25) is 0 Å². The zero-order valence-corrected chi connectivity index (χ0v) is 10.7. The number of thioether (sulfide) groups is 1. The third kappa shape index (κ3) is 2.70. The van der Waals surface area contributed by atoms with E-state index in [1.165, 1.54) is 11.8 Å². The van der Waals surface area contributed by atoms with Gasteiger partial charge in [-0.2, -0.15) is 0 Å². The Kier molecular flexibility index (Phi) is 3.99. The second kappa shape index (κ2) is 5.68. The molecule has 0 radical (unpaired) electrons. The highest BCUT2D eigenvalue weighted by Gasteiger charge is 2.11. The fraction of sp³-hybridized carbons (Fsp3) is 0.250. The van der Waals surface area contributed by atoms with Crippen LogP contribution in [-0.4, -0.2) is 25.6 Å². The van der Waals surface area contributed by atoms with E-state index in [2.05, 4.69) is 9.97 Å². The quantitative estimate of drug-likeness (QED) is 0.838. The molecule has 2 heterocycles. The molecule has 0 aliphatic heterocycles. The lowest BCUT2D eigenvalue weighted by Gasteiger charge is -2.06. The van der Waals surface area contributed by atoms with E-state index in [0.717, 1.165) is 12.2 Å². The Hall–Kier alpha value is -1.82. The van der Waals surface area contributed by atoms with E-state index in [1.807, 2.05) is 11.5 Å². The summed E-state index contributed by atoms with van der Waals surface area (Å²) < 4.78 is 2.02. The lowest BCUT2D eigenvalue weighted by molar-refractivity contribution is 0.0692. The maximum atomic E-state index is 11.0. The lowest BCUT2D eigenvalue weighted by Crippen LogP contribution is -2.01. The first-order chi connectivity index (χ1) is 8.72. The van der Waals surface area contributed by atoms with Crippen molar-refractivity contribution in [2.45, 2.75) is 24.2 Å². The Morgan fingerprint density at radius 3 is 3.11 bits per heavy atom. The summed E-state index contributed by atoms with van der Waals surface area (Å²) >= 11 is 1.41. The van der Waals surface area contributed by atoms with E-state index in [1.54, 1.807) is 30.9 Å². The summed E-state index contributed by atoms with van der Waals surface area (Å²) in [6.07, 6.45) is 5.16. The molecule has 0 fully saturated rings. The molecule has 0 aromatic carbocycles. The number of rotatable bonds is 5. The van der Waals surface area contributed by atoms with Crippen LogP contribution in [0.25, 0.3) is 0 Å². The third-order valence-corrected chi connectivity index (χ3v) is 3.54. The van der Waals surface area contributed by atoms with Crippen LogP contribution < -0.4 is 0 Å². The van der Waals surface area contributed by atoms with Gasteiger partial charge < -0.3 is 9.67 Å². The zero-order chi connectivity index (χ0) is 13.0. The Labute approximate surface area is 109 Å². The van der Waals surface area contributed by atoms with Crippen LogP contribution in [0, 0.1) is 0 Å². The highest BCUT2D eigenvalue weighted by molar-refractivity contribution is 7.98. The van der Waals surface area contributed by atoms with Gasteiger partial charge in [0.1, 0.15) is 5.03 Å². The van der Waals surface area contributed by atoms with E-state index < -0.39 is 5.97 Å². The first-order valence-corrected chi connectivity index (χ1v) is 6.51. The fourth-order valence-corrected chi connectivity index (χ4v) is 2.54. The molecule has 0 saturated heterocycles. The minimum atomic E-state index is -0.949. The van der Waals surface area contributed by atoms with Crippen molar-refractivity contribution in [2.75, 3.05) is 0 Å². The second-order valence-electron chi connectivity index (χ2n) is 3.62. The SMILES string of the molecule is CCn1cncc1CSc1ncccc1C(=O)O. The van der Waals surface area contributed by atoms with Crippen LogP contribution in [0.5, 0.6) is 0 Å². The van der Waals surface area contributed by atoms with Gasteiger partial charge in [0.05, 0.1) is 11.9 Å². The first kappa shape index (κ1) is 12.6. The summed E-state index contributed by atoms with van der Waals surface area (Å²) in [6, 6.07) is 3.19. The van der Waals surface area contributed by atoms with Crippen molar-refractivity contribution in [1.82, 2.24) is 14.5 Å². The van der Waals surface area contributed by atoms with Crippen molar-refractivity contribution in [3.63, 3.8) is 0 Å². The van der Waals surface area contributed by atoms with Crippen molar-refractivity contribution in [3.8, 4) is 0 Å². The van der Waals surface area contributed by atoms with E-state index in [0.29, 0.717) is 10.8 Å². The molecule has 0 unspecified atom stereocenters. The Balaban J connectivity index is 2.13. The molecule has 0 bridgehead atoms. The lowest BCUT2D eigenvalue weighted by atomic mass is 10.3. The van der Waals surface area contributed by atoms with Crippen LogP contribution in [0.1, 0.15) is 23.0 Å².